The molecule has 102 valence electrons. The maximum atomic E-state index is 6.08. The van der Waals surface area contributed by atoms with Gasteiger partial charge in [0.15, 0.2) is 0 Å². The summed E-state index contributed by atoms with van der Waals surface area (Å²) in [5.41, 5.74) is 1.08. The predicted molar refractivity (Wildman–Crippen MR) is 77.5 cm³/mol. The third-order valence-corrected chi connectivity index (χ3v) is 3.11. The van der Waals surface area contributed by atoms with Crippen LogP contribution in [0.15, 0.2) is 18.2 Å². The van der Waals surface area contributed by atoms with E-state index >= 15 is 0 Å². The van der Waals surface area contributed by atoms with E-state index in [0.29, 0.717) is 10.0 Å². The van der Waals surface area contributed by atoms with Gasteiger partial charge in [-0.2, -0.15) is 0 Å². The van der Waals surface area contributed by atoms with Crippen molar-refractivity contribution in [3.05, 3.63) is 33.8 Å². The number of ether oxygens (including phenoxy) is 1. The van der Waals surface area contributed by atoms with Crippen molar-refractivity contribution in [1.82, 2.24) is 10.6 Å². The lowest BCUT2D eigenvalue weighted by atomic mass is 10.2. The standard InChI is InChI=1S/C13H20Cl2N2O/c1-18-8-7-16-5-2-6-17-10-11-3-4-12(14)9-13(11)15/h3-4,9,16-17H,2,5-8,10H2,1H3. The third kappa shape index (κ3) is 6.57. The molecule has 5 heteroatoms. The van der Waals surface area contributed by atoms with Crippen LogP contribution in [0, 0.1) is 0 Å². The van der Waals surface area contributed by atoms with Crippen molar-refractivity contribution in [2.45, 2.75) is 13.0 Å². The summed E-state index contributed by atoms with van der Waals surface area (Å²) in [5.74, 6) is 0. The first-order valence-corrected chi connectivity index (χ1v) is 6.84. The first kappa shape index (κ1) is 15.7. The molecule has 0 heterocycles. The molecule has 0 aliphatic heterocycles. The Morgan fingerprint density at radius 2 is 1.89 bits per heavy atom. The Hall–Kier alpha value is -0.320. The number of benzene rings is 1. The Kier molecular flexibility index (Phi) is 8.38. The zero-order valence-electron chi connectivity index (χ0n) is 10.6. The normalized spacial score (nSPS) is 10.8. The Bertz CT molecular complexity index is 348. The minimum atomic E-state index is 0.672. The monoisotopic (exact) mass is 290 g/mol. The molecule has 2 N–H and O–H groups in total. The second-order valence-electron chi connectivity index (χ2n) is 4.01. The van der Waals surface area contributed by atoms with Gasteiger partial charge in [0.1, 0.15) is 0 Å². The van der Waals surface area contributed by atoms with Crippen LogP contribution in [0.1, 0.15) is 12.0 Å². The number of methoxy groups -OCH3 is 1. The van der Waals surface area contributed by atoms with E-state index in [2.05, 4.69) is 10.6 Å². The second-order valence-corrected chi connectivity index (χ2v) is 4.85. The maximum Gasteiger partial charge on any atom is 0.0587 e. The van der Waals surface area contributed by atoms with Crippen LogP contribution in [-0.4, -0.2) is 33.4 Å². The van der Waals surface area contributed by atoms with E-state index in [-0.39, 0.29) is 0 Å². The molecule has 18 heavy (non-hydrogen) atoms. The van der Waals surface area contributed by atoms with Crippen LogP contribution >= 0.6 is 23.2 Å². The molecule has 1 rings (SSSR count). The van der Waals surface area contributed by atoms with E-state index in [0.717, 1.165) is 44.8 Å². The Morgan fingerprint density at radius 1 is 1.11 bits per heavy atom. The van der Waals surface area contributed by atoms with E-state index in [1.807, 2.05) is 12.1 Å². The molecule has 0 aliphatic carbocycles. The smallest absolute Gasteiger partial charge is 0.0587 e. The SMILES string of the molecule is COCCNCCCNCc1ccc(Cl)cc1Cl. The largest absolute Gasteiger partial charge is 0.383 e. The van der Waals surface area contributed by atoms with Crippen LogP contribution in [0.4, 0.5) is 0 Å². The van der Waals surface area contributed by atoms with E-state index in [4.69, 9.17) is 27.9 Å². The van der Waals surface area contributed by atoms with E-state index in [1.54, 1.807) is 13.2 Å². The number of halogens is 2. The molecule has 0 spiro atoms. The molecule has 0 atom stereocenters. The fraction of sp³-hybridized carbons (Fsp3) is 0.538. The topological polar surface area (TPSA) is 33.3 Å². The number of hydrogen-bond acceptors (Lipinski definition) is 3. The lowest BCUT2D eigenvalue weighted by molar-refractivity contribution is 0.199. The minimum absolute atomic E-state index is 0.672. The molecule has 3 nitrogen and oxygen atoms in total. The van der Waals surface area contributed by atoms with Gasteiger partial charge in [-0.25, -0.2) is 0 Å². The lowest BCUT2D eigenvalue weighted by Crippen LogP contribution is -2.24. The third-order valence-electron chi connectivity index (χ3n) is 2.52. The second kappa shape index (κ2) is 9.59. The van der Waals surface area contributed by atoms with E-state index < -0.39 is 0 Å². The first-order chi connectivity index (χ1) is 8.74. The summed E-state index contributed by atoms with van der Waals surface area (Å²) in [4.78, 5) is 0. The van der Waals surface area contributed by atoms with Crippen molar-refractivity contribution < 1.29 is 4.74 Å². The molecule has 0 saturated carbocycles. The summed E-state index contributed by atoms with van der Waals surface area (Å²) in [7, 11) is 1.71. The Morgan fingerprint density at radius 3 is 2.61 bits per heavy atom. The van der Waals surface area contributed by atoms with Crippen molar-refractivity contribution in [3.63, 3.8) is 0 Å². The number of nitrogens with one attached hydrogen (secondary N) is 2. The summed E-state index contributed by atoms with van der Waals surface area (Å²) in [5, 5.41) is 8.04. The van der Waals surface area contributed by atoms with E-state index in [1.165, 1.54) is 0 Å². The molecule has 0 unspecified atom stereocenters. The van der Waals surface area contributed by atoms with Crippen molar-refractivity contribution in [2.75, 3.05) is 33.4 Å². The summed E-state index contributed by atoms with van der Waals surface area (Å²) < 4.78 is 4.95. The van der Waals surface area contributed by atoms with Crippen molar-refractivity contribution in [3.8, 4) is 0 Å². The highest BCUT2D eigenvalue weighted by Crippen LogP contribution is 2.20. The van der Waals surface area contributed by atoms with Crippen molar-refractivity contribution in [1.29, 1.82) is 0 Å². The van der Waals surface area contributed by atoms with Crippen LogP contribution in [-0.2, 0) is 11.3 Å². The van der Waals surface area contributed by atoms with Gasteiger partial charge in [0, 0.05) is 30.2 Å². The quantitative estimate of drug-likeness (QED) is 0.686. The molecular formula is C13H20Cl2N2O. The average molecular weight is 291 g/mol. The highest BCUT2D eigenvalue weighted by atomic mass is 35.5. The summed E-state index contributed by atoms with van der Waals surface area (Å²) in [6.07, 6.45) is 1.08. The average Bonchev–Trinajstić information content (AvgIpc) is 2.35. The fourth-order valence-corrected chi connectivity index (χ4v) is 2.00. The molecule has 0 saturated heterocycles. The number of hydrogen-bond donors (Lipinski definition) is 2. The number of rotatable bonds is 9. The maximum absolute atomic E-state index is 6.08. The van der Waals surface area contributed by atoms with Crippen molar-refractivity contribution >= 4 is 23.2 Å². The van der Waals surface area contributed by atoms with Gasteiger partial charge in [0.25, 0.3) is 0 Å². The van der Waals surface area contributed by atoms with Crippen LogP contribution < -0.4 is 10.6 Å². The fourth-order valence-electron chi connectivity index (χ4n) is 1.53. The summed E-state index contributed by atoms with van der Waals surface area (Å²) in [6, 6.07) is 5.58. The van der Waals surface area contributed by atoms with E-state index in [9.17, 15) is 0 Å². The van der Waals surface area contributed by atoms with Crippen LogP contribution in [0.5, 0.6) is 0 Å². The molecule has 0 radical (unpaired) electrons. The molecule has 1 aromatic rings. The van der Waals surface area contributed by atoms with Crippen LogP contribution in [0.2, 0.25) is 10.0 Å². The minimum Gasteiger partial charge on any atom is -0.383 e. The lowest BCUT2D eigenvalue weighted by Gasteiger charge is -2.07. The van der Waals surface area contributed by atoms with Gasteiger partial charge in [0.2, 0.25) is 0 Å². The molecule has 0 bridgehead atoms. The van der Waals surface area contributed by atoms with Gasteiger partial charge in [-0.1, -0.05) is 29.3 Å². The van der Waals surface area contributed by atoms with Gasteiger partial charge in [-0.3, -0.25) is 0 Å². The molecular weight excluding hydrogens is 271 g/mol. The Labute approximate surface area is 119 Å². The Balaban J connectivity index is 2.07. The highest BCUT2D eigenvalue weighted by molar-refractivity contribution is 6.35. The first-order valence-electron chi connectivity index (χ1n) is 6.08. The predicted octanol–water partition coefficient (Wildman–Crippen LogP) is 2.71. The summed E-state index contributed by atoms with van der Waals surface area (Å²) in [6.45, 7) is 4.38. The highest BCUT2D eigenvalue weighted by Gasteiger charge is 2.00. The summed E-state index contributed by atoms with van der Waals surface area (Å²) >= 11 is 11.9. The molecule has 0 aromatic heterocycles. The molecule has 0 aliphatic rings. The van der Waals surface area contributed by atoms with Gasteiger partial charge in [-0.05, 0) is 37.2 Å². The van der Waals surface area contributed by atoms with Crippen LogP contribution in [0.3, 0.4) is 0 Å². The van der Waals surface area contributed by atoms with Crippen LogP contribution in [0.25, 0.3) is 0 Å². The van der Waals surface area contributed by atoms with Gasteiger partial charge in [-0.15, -0.1) is 0 Å². The molecule has 0 amide bonds. The van der Waals surface area contributed by atoms with Gasteiger partial charge in [0.05, 0.1) is 6.61 Å². The van der Waals surface area contributed by atoms with Gasteiger partial charge < -0.3 is 15.4 Å². The van der Waals surface area contributed by atoms with Crippen molar-refractivity contribution in [2.24, 2.45) is 0 Å². The van der Waals surface area contributed by atoms with Gasteiger partial charge >= 0.3 is 0 Å². The zero-order valence-corrected chi connectivity index (χ0v) is 12.2. The molecule has 0 fully saturated rings. The zero-order chi connectivity index (χ0) is 13.2. The molecule has 1 aromatic carbocycles.